The summed E-state index contributed by atoms with van der Waals surface area (Å²) >= 11 is 0. The minimum Gasteiger partial charge on any atom is -0.484 e. The van der Waals surface area contributed by atoms with E-state index in [0.717, 1.165) is 12.8 Å². The van der Waals surface area contributed by atoms with Crippen molar-refractivity contribution in [2.24, 2.45) is 5.92 Å². The number of carbonyl (C=O) groups is 2. The molecule has 8 nitrogen and oxygen atoms in total. The number of hydrazine groups is 1. The highest BCUT2D eigenvalue weighted by molar-refractivity contribution is 5.85. The number of amides is 2. The number of nitrogens with one attached hydrogen (secondary N) is 2. The van der Waals surface area contributed by atoms with Gasteiger partial charge in [0.05, 0.1) is 4.92 Å². The Morgan fingerprint density at radius 1 is 1.25 bits per heavy atom. The molecular weight excluding hydrogens is 266 g/mol. The Morgan fingerprint density at radius 2 is 1.90 bits per heavy atom. The fraction of sp³-hybridized carbons (Fsp3) is 0.333. The third-order valence-electron chi connectivity index (χ3n) is 2.69. The SMILES string of the molecule is O=C(COc1ccc([N+](=O)[O-])cc1)NNC(=O)C1CC1. The minimum atomic E-state index is -0.524. The first-order valence-corrected chi connectivity index (χ1v) is 6.02. The molecule has 2 rings (SSSR count). The van der Waals surface area contributed by atoms with Gasteiger partial charge in [0.15, 0.2) is 6.61 Å². The Labute approximate surface area is 114 Å². The fourth-order valence-electron chi connectivity index (χ4n) is 1.43. The summed E-state index contributed by atoms with van der Waals surface area (Å²) in [6, 6.07) is 5.35. The molecule has 0 aromatic heterocycles. The molecule has 0 atom stereocenters. The summed E-state index contributed by atoms with van der Waals surface area (Å²) in [6.07, 6.45) is 1.70. The largest absolute Gasteiger partial charge is 0.484 e. The molecule has 1 saturated carbocycles. The molecule has 0 aliphatic heterocycles. The topological polar surface area (TPSA) is 111 Å². The Morgan fingerprint density at radius 3 is 2.45 bits per heavy atom. The summed E-state index contributed by atoms with van der Waals surface area (Å²) in [4.78, 5) is 32.6. The Bertz CT molecular complexity index is 524. The van der Waals surface area contributed by atoms with Gasteiger partial charge in [-0.15, -0.1) is 0 Å². The van der Waals surface area contributed by atoms with E-state index in [1.54, 1.807) is 0 Å². The molecule has 2 N–H and O–H groups in total. The Hall–Kier alpha value is -2.64. The van der Waals surface area contributed by atoms with Crippen molar-refractivity contribution < 1.29 is 19.2 Å². The van der Waals surface area contributed by atoms with E-state index in [2.05, 4.69) is 10.9 Å². The fourth-order valence-corrected chi connectivity index (χ4v) is 1.43. The monoisotopic (exact) mass is 279 g/mol. The number of non-ortho nitro benzene ring substituents is 1. The molecule has 0 saturated heterocycles. The van der Waals surface area contributed by atoms with E-state index in [4.69, 9.17) is 4.74 Å². The van der Waals surface area contributed by atoms with Gasteiger partial charge in [-0.05, 0) is 25.0 Å². The Kier molecular flexibility index (Phi) is 4.14. The maximum Gasteiger partial charge on any atom is 0.276 e. The average Bonchev–Trinajstić information content (AvgIpc) is 3.27. The molecule has 0 radical (unpaired) electrons. The summed E-state index contributed by atoms with van der Waals surface area (Å²) in [7, 11) is 0. The van der Waals surface area contributed by atoms with Crippen molar-refractivity contribution in [1.29, 1.82) is 0 Å². The van der Waals surface area contributed by atoms with Crippen LogP contribution in [0, 0.1) is 16.0 Å². The van der Waals surface area contributed by atoms with E-state index in [0.29, 0.717) is 5.75 Å². The highest BCUT2D eigenvalue weighted by Crippen LogP contribution is 2.28. The van der Waals surface area contributed by atoms with Crippen molar-refractivity contribution >= 4 is 17.5 Å². The van der Waals surface area contributed by atoms with Crippen LogP contribution in [0.25, 0.3) is 0 Å². The lowest BCUT2D eigenvalue weighted by atomic mass is 10.3. The first-order valence-electron chi connectivity index (χ1n) is 6.02. The van der Waals surface area contributed by atoms with Crippen molar-refractivity contribution in [1.82, 2.24) is 10.9 Å². The van der Waals surface area contributed by atoms with E-state index in [-0.39, 0.29) is 24.1 Å². The number of nitro groups is 1. The van der Waals surface area contributed by atoms with Crippen LogP contribution in [0.3, 0.4) is 0 Å². The quantitative estimate of drug-likeness (QED) is 0.603. The number of benzene rings is 1. The number of hydrogen-bond donors (Lipinski definition) is 2. The predicted octanol–water partition coefficient (Wildman–Crippen LogP) is 0.531. The molecule has 20 heavy (non-hydrogen) atoms. The standard InChI is InChI=1S/C12H13N3O5/c16-11(13-14-12(17)8-1-2-8)7-20-10-5-3-9(4-6-10)15(18)19/h3-6,8H,1-2,7H2,(H,13,16)(H,14,17). The van der Waals surface area contributed by atoms with Crippen LogP contribution in [0.4, 0.5) is 5.69 Å². The molecule has 8 heteroatoms. The molecule has 1 aromatic rings. The van der Waals surface area contributed by atoms with Gasteiger partial charge in [0.1, 0.15) is 5.75 Å². The summed E-state index contributed by atoms with van der Waals surface area (Å²) in [5.41, 5.74) is 4.47. The van der Waals surface area contributed by atoms with Crippen LogP contribution in [-0.4, -0.2) is 23.3 Å². The molecule has 1 fully saturated rings. The summed E-state index contributed by atoms with van der Waals surface area (Å²) in [5, 5.41) is 10.4. The van der Waals surface area contributed by atoms with Crippen molar-refractivity contribution in [2.75, 3.05) is 6.61 Å². The highest BCUT2D eigenvalue weighted by Gasteiger charge is 2.29. The normalized spacial score (nSPS) is 13.4. The lowest BCUT2D eigenvalue weighted by molar-refractivity contribution is -0.384. The number of hydrogen-bond acceptors (Lipinski definition) is 5. The third-order valence-corrected chi connectivity index (χ3v) is 2.69. The van der Waals surface area contributed by atoms with E-state index in [9.17, 15) is 19.7 Å². The second-order valence-electron chi connectivity index (χ2n) is 4.35. The van der Waals surface area contributed by atoms with Crippen molar-refractivity contribution in [3.63, 3.8) is 0 Å². The van der Waals surface area contributed by atoms with Crippen molar-refractivity contribution in [2.45, 2.75) is 12.8 Å². The van der Waals surface area contributed by atoms with Gasteiger partial charge in [-0.1, -0.05) is 0 Å². The smallest absolute Gasteiger partial charge is 0.276 e. The molecule has 2 amide bonds. The van der Waals surface area contributed by atoms with Crippen LogP contribution in [0.1, 0.15) is 12.8 Å². The van der Waals surface area contributed by atoms with Crippen LogP contribution in [0.2, 0.25) is 0 Å². The summed E-state index contributed by atoms with van der Waals surface area (Å²) < 4.78 is 5.12. The zero-order chi connectivity index (χ0) is 14.5. The number of nitrogens with zero attached hydrogens (tertiary/aromatic N) is 1. The van der Waals surface area contributed by atoms with Gasteiger partial charge in [-0.3, -0.25) is 30.6 Å². The molecule has 1 aliphatic carbocycles. The third kappa shape index (κ3) is 3.94. The molecule has 1 aliphatic rings. The van der Waals surface area contributed by atoms with E-state index >= 15 is 0 Å². The van der Waals surface area contributed by atoms with Gasteiger partial charge in [-0.2, -0.15) is 0 Å². The van der Waals surface area contributed by atoms with E-state index in [1.807, 2.05) is 0 Å². The van der Waals surface area contributed by atoms with Gasteiger partial charge in [0.25, 0.3) is 11.6 Å². The zero-order valence-corrected chi connectivity index (χ0v) is 10.5. The Balaban J connectivity index is 1.72. The lowest BCUT2D eigenvalue weighted by Gasteiger charge is -2.08. The number of rotatable bonds is 5. The average molecular weight is 279 g/mol. The predicted molar refractivity (Wildman–Crippen MR) is 67.6 cm³/mol. The van der Waals surface area contributed by atoms with E-state index in [1.165, 1.54) is 24.3 Å². The van der Waals surface area contributed by atoms with Gasteiger partial charge in [-0.25, -0.2) is 0 Å². The van der Waals surface area contributed by atoms with Crippen molar-refractivity contribution in [3.8, 4) is 5.75 Å². The molecule has 0 heterocycles. The molecule has 0 bridgehead atoms. The first-order chi connectivity index (χ1) is 9.56. The van der Waals surface area contributed by atoms with E-state index < -0.39 is 10.8 Å². The number of nitro benzene ring substituents is 1. The van der Waals surface area contributed by atoms with Crippen molar-refractivity contribution in [3.05, 3.63) is 34.4 Å². The van der Waals surface area contributed by atoms with Gasteiger partial charge >= 0.3 is 0 Å². The highest BCUT2D eigenvalue weighted by atomic mass is 16.6. The zero-order valence-electron chi connectivity index (χ0n) is 10.5. The van der Waals surface area contributed by atoms with Crippen LogP contribution in [0.15, 0.2) is 24.3 Å². The maximum absolute atomic E-state index is 11.4. The van der Waals surface area contributed by atoms with Crippen LogP contribution < -0.4 is 15.6 Å². The number of ether oxygens (including phenoxy) is 1. The molecule has 106 valence electrons. The maximum atomic E-state index is 11.4. The number of carbonyl (C=O) groups excluding carboxylic acids is 2. The van der Waals surface area contributed by atoms with Crippen LogP contribution in [-0.2, 0) is 9.59 Å². The summed E-state index contributed by atoms with van der Waals surface area (Å²) in [6.45, 7) is -0.289. The molecule has 1 aromatic carbocycles. The second kappa shape index (κ2) is 6.00. The van der Waals surface area contributed by atoms with Gasteiger partial charge in [0, 0.05) is 18.1 Å². The molecular formula is C12H13N3O5. The first kappa shape index (κ1) is 13.8. The molecule has 0 unspecified atom stereocenters. The van der Waals surface area contributed by atoms with Crippen LogP contribution >= 0.6 is 0 Å². The second-order valence-corrected chi connectivity index (χ2v) is 4.35. The minimum absolute atomic E-state index is 0.00545. The van der Waals surface area contributed by atoms with Gasteiger partial charge in [0.2, 0.25) is 5.91 Å². The lowest BCUT2D eigenvalue weighted by Crippen LogP contribution is -2.44. The van der Waals surface area contributed by atoms with Gasteiger partial charge < -0.3 is 4.74 Å². The summed E-state index contributed by atoms with van der Waals surface area (Å²) in [5.74, 6) is -0.365. The molecule has 0 spiro atoms. The van der Waals surface area contributed by atoms with Crippen LogP contribution in [0.5, 0.6) is 5.75 Å².